The van der Waals surface area contributed by atoms with Gasteiger partial charge in [0.15, 0.2) is 6.61 Å². The monoisotopic (exact) mass is 456 g/mol. The Kier molecular flexibility index (Phi) is 6.68. The van der Waals surface area contributed by atoms with Gasteiger partial charge in [0.2, 0.25) is 5.78 Å². The van der Waals surface area contributed by atoms with Gasteiger partial charge in [0, 0.05) is 50.1 Å². The van der Waals surface area contributed by atoms with Gasteiger partial charge in [-0.2, -0.15) is 0 Å². The minimum atomic E-state index is -0.836. The van der Waals surface area contributed by atoms with Gasteiger partial charge in [0.1, 0.15) is 5.69 Å². The van der Waals surface area contributed by atoms with Gasteiger partial charge in [-0.1, -0.05) is 0 Å². The number of amides is 1. The maximum absolute atomic E-state index is 12.8. The van der Waals surface area contributed by atoms with Crippen LogP contribution in [-0.2, 0) is 9.47 Å². The molecule has 0 atom stereocenters. The molecule has 11 heteroatoms. The molecule has 1 amide bonds. The van der Waals surface area contributed by atoms with Crippen molar-refractivity contribution in [3.63, 3.8) is 0 Å². The summed E-state index contributed by atoms with van der Waals surface area (Å²) in [6.45, 7) is 2.80. The van der Waals surface area contributed by atoms with E-state index in [-0.39, 0.29) is 22.7 Å². The first kappa shape index (κ1) is 22.5. The lowest BCUT2D eigenvalue weighted by Crippen LogP contribution is -2.37. The molecule has 2 fully saturated rings. The fourth-order valence-electron chi connectivity index (χ4n) is 3.94. The standard InChI is InChI=1S/C22H24N4O7/c27-20(15-11-18(23-13-15)21(28)25-5-1-2-6-25)14-33-22(29)17-12-16(26(30)31)3-4-19(17)24-7-9-32-10-8-24/h3-4,11-13,23H,1-2,5-10,14H2. The molecule has 2 aliphatic rings. The molecule has 2 aliphatic heterocycles. The second-order valence-electron chi connectivity index (χ2n) is 7.86. The van der Waals surface area contributed by atoms with E-state index in [0.29, 0.717) is 50.8 Å². The molecule has 0 saturated carbocycles. The second-order valence-corrected chi connectivity index (χ2v) is 7.86. The highest BCUT2D eigenvalue weighted by molar-refractivity contribution is 6.03. The third-order valence-corrected chi connectivity index (χ3v) is 5.73. The number of carbonyl (C=O) groups is 3. The van der Waals surface area contributed by atoms with Crippen LogP contribution in [0.25, 0.3) is 0 Å². The molecule has 0 radical (unpaired) electrons. The molecule has 33 heavy (non-hydrogen) atoms. The van der Waals surface area contributed by atoms with Crippen molar-refractivity contribution < 1.29 is 28.8 Å². The zero-order valence-corrected chi connectivity index (χ0v) is 18.0. The summed E-state index contributed by atoms with van der Waals surface area (Å²) >= 11 is 0. The molecule has 0 unspecified atom stereocenters. The van der Waals surface area contributed by atoms with Gasteiger partial charge >= 0.3 is 5.97 Å². The Morgan fingerprint density at radius 3 is 2.52 bits per heavy atom. The molecule has 0 aliphatic carbocycles. The van der Waals surface area contributed by atoms with E-state index in [1.165, 1.54) is 24.4 Å². The summed E-state index contributed by atoms with van der Waals surface area (Å²) in [5, 5.41) is 11.2. The van der Waals surface area contributed by atoms with E-state index in [9.17, 15) is 24.5 Å². The van der Waals surface area contributed by atoms with Crippen LogP contribution in [0.5, 0.6) is 0 Å². The summed E-state index contributed by atoms with van der Waals surface area (Å²) in [6.07, 6.45) is 3.32. The van der Waals surface area contributed by atoms with Crippen molar-refractivity contribution in [1.29, 1.82) is 0 Å². The smallest absolute Gasteiger partial charge is 0.340 e. The van der Waals surface area contributed by atoms with Crippen LogP contribution in [0.3, 0.4) is 0 Å². The Hall–Kier alpha value is -3.73. The van der Waals surface area contributed by atoms with E-state index in [0.717, 1.165) is 18.9 Å². The molecule has 1 aromatic heterocycles. The van der Waals surface area contributed by atoms with Gasteiger partial charge in [-0.3, -0.25) is 19.7 Å². The van der Waals surface area contributed by atoms with Crippen molar-refractivity contribution >= 4 is 29.0 Å². The Labute approximate surface area is 189 Å². The zero-order valence-electron chi connectivity index (χ0n) is 18.0. The first-order chi connectivity index (χ1) is 15.9. The highest BCUT2D eigenvalue weighted by Crippen LogP contribution is 2.27. The third-order valence-electron chi connectivity index (χ3n) is 5.73. The van der Waals surface area contributed by atoms with E-state index in [2.05, 4.69) is 4.98 Å². The number of carbonyl (C=O) groups excluding carboxylic acids is 3. The number of ketones is 1. The Balaban J connectivity index is 1.44. The highest BCUT2D eigenvalue weighted by Gasteiger charge is 2.25. The summed E-state index contributed by atoms with van der Waals surface area (Å²) in [5.41, 5.74) is 0.776. The molecule has 0 bridgehead atoms. The van der Waals surface area contributed by atoms with Crippen LogP contribution in [0, 0.1) is 10.1 Å². The van der Waals surface area contributed by atoms with E-state index in [1.54, 1.807) is 4.90 Å². The van der Waals surface area contributed by atoms with Crippen molar-refractivity contribution in [2.45, 2.75) is 12.8 Å². The maximum atomic E-state index is 12.8. The Morgan fingerprint density at radius 2 is 1.82 bits per heavy atom. The molecule has 2 aromatic rings. The number of ether oxygens (including phenoxy) is 2. The molecule has 1 aromatic carbocycles. The van der Waals surface area contributed by atoms with Gasteiger partial charge < -0.3 is 24.3 Å². The molecule has 0 spiro atoms. The average molecular weight is 456 g/mol. The minimum Gasteiger partial charge on any atom is -0.454 e. The van der Waals surface area contributed by atoms with Gasteiger partial charge in [-0.15, -0.1) is 0 Å². The number of nitrogens with one attached hydrogen (secondary N) is 1. The van der Waals surface area contributed by atoms with Crippen molar-refractivity contribution in [2.75, 3.05) is 50.9 Å². The Bertz CT molecular complexity index is 1070. The number of esters is 1. The lowest BCUT2D eigenvalue weighted by Gasteiger charge is -2.30. The number of rotatable bonds is 7. The number of likely N-dealkylation sites (tertiary alicyclic amines) is 1. The third kappa shape index (κ3) is 5.03. The maximum Gasteiger partial charge on any atom is 0.340 e. The number of nitro groups is 1. The van der Waals surface area contributed by atoms with Crippen LogP contribution in [0.2, 0.25) is 0 Å². The quantitative estimate of drug-likeness (QED) is 0.289. The van der Waals surface area contributed by atoms with Crippen molar-refractivity contribution in [3.8, 4) is 0 Å². The number of aromatic nitrogens is 1. The van der Waals surface area contributed by atoms with Crippen molar-refractivity contribution in [3.05, 3.63) is 57.4 Å². The van der Waals surface area contributed by atoms with E-state index >= 15 is 0 Å². The summed E-state index contributed by atoms with van der Waals surface area (Å²) in [6, 6.07) is 5.43. The molecular formula is C22H24N4O7. The Morgan fingerprint density at radius 1 is 1.09 bits per heavy atom. The van der Waals surface area contributed by atoms with Gasteiger partial charge in [0.05, 0.1) is 29.4 Å². The number of hydrogen-bond acceptors (Lipinski definition) is 8. The van der Waals surface area contributed by atoms with Crippen molar-refractivity contribution in [2.24, 2.45) is 0 Å². The van der Waals surface area contributed by atoms with Crippen LogP contribution in [0.4, 0.5) is 11.4 Å². The molecular weight excluding hydrogens is 432 g/mol. The summed E-state index contributed by atoms with van der Waals surface area (Å²) in [5.74, 6) is -1.49. The van der Waals surface area contributed by atoms with Crippen LogP contribution in [-0.4, -0.2) is 78.5 Å². The fourth-order valence-corrected chi connectivity index (χ4v) is 3.94. The lowest BCUT2D eigenvalue weighted by molar-refractivity contribution is -0.384. The van der Waals surface area contributed by atoms with Crippen LogP contribution in [0.15, 0.2) is 30.5 Å². The molecule has 2 saturated heterocycles. The van der Waals surface area contributed by atoms with Gasteiger partial charge in [-0.25, -0.2) is 4.79 Å². The summed E-state index contributed by atoms with van der Waals surface area (Å²) in [7, 11) is 0. The predicted molar refractivity (Wildman–Crippen MR) is 117 cm³/mol. The number of morpholine rings is 1. The zero-order chi connectivity index (χ0) is 23.4. The number of H-pyrrole nitrogens is 1. The number of Topliss-reactive ketones (excluding diaryl/α,β-unsaturated/α-hetero) is 1. The molecule has 3 heterocycles. The predicted octanol–water partition coefficient (Wildman–Crippen LogP) is 2.04. The van der Waals surface area contributed by atoms with Crippen LogP contribution >= 0.6 is 0 Å². The van der Waals surface area contributed by atoms with E-state index in [4.69, 9.17) is 9.47 Å². The summed E-state index contributed by atoms with van der Waals surface area (Å²) in [4.78, 5) is 54.8. The topological polar surface area (TPSA) is 135 Å². The fraction of sp³-hybridized carbons (Fsp3) is 0.409. The number of benzene rings is 1. The van der Waals surface area contributed by atoms with Gasteiger partial charge in [0.25, 0.3) is 11.6 Å². The minimum absolute atomic E-state index is 0.0119. The number of nitrogens with zero attached hydrogens (tertiary/aromatic N) is 3. The number of aromatic amines is 1. The number of anilines is 1. The SMILES string of the molecule is O=C(COC(=O)c1cc([N+](=O)[O-])ccc1N1CCOCC1)c1c[nH]c(C(=O)N2CCCC2)c1. The van der Waals surface area contributed by atoms with Gasteiger partial charge in [-0.05, 0) is 25.0 Å². The molecule has 11 nitrogen and oxygen atoms in total. The first-order valence-corrected chi connectivity index (χ1v) is 10.7. The van der Waals surface area contributed by atoms with E-state index < -0.39 is 23.3 Å². The number of non-ortho nitro benzene ring substituents is 1. The number of hydrogen-bond donors (Lipinski definition) is 1. The summed E-state index contributed by atoms with van der Waals surface area (Å²) < 4.78 is 10.5. The van der Waals surface area contributed by atoms with Crippen molar-refractivity contribution in [1.82, 2.24) is 9.88 Å². The normalized spacial score (nSPS) is 16.0. The van der Waals surface area contributed by atoms with E-state index in [1.807, 2.05) is 4.90 Å². The largest absolute Gasteiger partial charge is 0.454 e. The highest BCUT2D eigenvalue weighted by atomic mass is 16.6. The molecule has 4 rings (SSSR count). The van der Waals surface area contributed by atoms with Crippen LogP contribution < -0.4 is 4.90 Å². The molecule has 1 N–H and O–H groups in total. The molecule has 174 valence electrons. The lowest BCUT2D eigenvalue weighted by atomic mass is 10.1. The average Bonchev–Trinajstić information content (AvgIpc) is 3.55. The number of nitro benzene ring substituents is 1. The first-order valence-electron chi connectivity index (χ1n) is 10.7. The van der Waals surface area contributed by atoms with Crippen LogP contribution in [0.1, 0.15) is 44.0 Å². The second kappa shape index (κ2) is 9.82.